The summed E-state index contributed by atoms with van der Waals surface area (Å²) in [5, 5.41) is 6.09. The Morgan fingerprint density at radius 2 is 1.00 bits per heavy atom. The predicted octanol–water partition coefficient (Wildman–Crippen LogP) is -2.43. The van der Waals surface area contributed by atoms with E-state index in [0.717, 1.165) is 0 Å². The quantitative estimate of drug-likeness (QED) is 0.214. The molecule has 1 aliphatic carbocycles. The fourth-order valence-corrected chi connectivity index (χ4v) is 15.7. The predicted molar refractivity (Wildman–Crippen MR) is 161 cm³/mol. The molecule has 0 aromatic heterocycles. The van der Waals surface area contributed by atoms with Crippen LogP contribution in [0.2, 0.25) is 24.7 Å². The Labute approximate surface area is 269 Å². The van der Waals surface area contributed by atoms with Crippen molar-refractivity contribution in [3.05, 3.63) is 104 Å². The van der Waals surface area contributed by atoms with Gasteiger partial charge < -0.3 is 37.2 Å². The summed E-state index contributed by atoms with van der Waals surface area (Å²) in [6.45, 7) is 23.9. The van der Waals surface area contributed by atoms with Crippen LogP contribution in [0.1, 0.15) is 44.4 Å². The third kappa shape index (κ3) is 5.91. The van der Waals surface area contributed by atoms with E-state index in [1.165, 1.54) is 38.2 Å². The zero-order valence-electron chi connectivity index (χ0n) is 25.0. The minimum absolute atomic E-state index is 0. The molecule has 1 atom stereocenters. The van der Waals surface area contributed by atoms with E-state index in [4.69, 9.17) is 0 Å². The maximum atomic E-state index is 2.63. The molecule has 3 aromatic carbocycles. The zero-order valence-corrected chi connectivity index (χ0v) is 30.8. The molecule has 0 radical (unpaired) electrons. The maximum Gasteiger partial charge on any atom is -1.00 e. The first-order valence-corrected chi connectivity index (χ1v) is 19.4. The monoisotopic (exact) mass is 646 g/mol. The molecule has 206 valence electrons. The summed E-state index contributed by atoms with van der Waals surface area (Å²) in [5.74, 6) is 0. The number of aryl methyl sites for hydroxylation is 3. The van der Waals surface area contributed by atoms with E-state index in [0.29, 0.717) is 0 Å². The van der Waals surface area contributed by atoms with Crippen LogP contribution >= 0.6 is 0 Å². The smallest absolute Gasteiger partial charge is 1.00 e. The van der Waals surface area contributed by atoms with Crippen LogP contribution in [-0.4, -0.2) is 16.1 Å². The van der Waals surface area contributed by atoms with Crippen LogP contribution < -0.4 is 58.0 Å². The van der Waals surface area contributed by atoms with Crippen LogP contribution in [0.5, 0.6) is 0 Å². The fraction of sp³-hybridized carbons (Fsp3) is 0.333. The minimum Gasteiger partial charge on any atom is -1.00 e. The van der Waals surface area contributed by atoms with Crippen molar-refractivity contribution in [3.63, 3.8) is 0 Å². The van der Waals surface area contributed by atoms with Crippen LogP contribution in [0.3, 0.4) is 0 Å². The molecule has 3 aromatic rings. The van der Waals surface area contributed by atoms with Crippen molar-refractivity contribution in [2.75, 3.05) is 0 Å². The van der Waals surface area contributed by atoms with Crippen molar-refractivity contribution in [1.29, 1.82) is 0 Å². The van der Waals surface area contributed by atoms with E-state index >= 15 is 0 Å². The van der Waals surface area contributed by atoms with Gasteiger partial charge in [0.15, 0.2) is 0 Å². The second-order valence-corrected chi connectivity index (χ2v) is 22.3. The van der Waals surface area contributed by atoms with Gasteiger partial charge in [-0.3, -0.25) is 0 Å². The molecule has 6 heteroatoms. The second kappa shape index (κ2) is 13.0. The average Bonchev–Trinajstić information content (AvgIpc) is 2.95. The molecular formula is C33H41Cl3Si2Ti. The topological polar surface area (TPSA) is 0 Å². The van der Waals surface area contributed by atoms with Gasteiger partial charge in [0.25, 0.3) is 0 Å². The number of allylic oxidation sites excluding steroid dienone is 4. The van der Waals surface area contributed by atoms with Gasteiger partial charge in [-0.25, -0.2) is 0 Å². The Morgan fingerprint density at radius 1 is 0.564 bits per heavy atom. The standard InChI is InChI=1S/C33H41Si2.3ClH.Ti/c1-23-13-11-15-29(17-23)35(30-16-12-14-24(2)18-30,33(7)22-26(4)27(5)28(33)6)32-20-25(3)19-31(21-32)34(8,9)10;;;;/h11-21H,1-10H3;3*1H;/q;;;;+3/p-3. The van der Waals surface area contributed by atoms with Gasteiger partial charge in [-0.1, -0.05) is 0 Å². The van der Waals surface area contributed by atoms with Crippen molar-refractivity contribution in [3.8, 4) is 0 Å². The average molecular weight is 648 g/mol. The normalized spacial score (nSPS) is 17.4. The van der Waals surface area contributed by atoms with Gasteiger partial charge >= 0.3 is 234 Å². The number of hydrogen-bond donors (Lipinski definition) is 0. The molecule has 0 saturated heterocycles. The number of rotatable bonds is 5. The Hall–Kier alpha value is -0.842. The van der Waals surface area contributed by atoms with E-state index < -0.39 is 16.1 Å². The summed E-state index contributed by atoms with van der Waals surface area (Å²) in [5.41, 5.74) is 8.57. The second-order valence-electron chi connectivity index (χ2n) is 12.2. The molecule has 1 aliphatic rings. The first-order valence-electron chi connectivity index (χ1n) is 13.1. The molecule has 0 aliphatic heterocycles. The Kier molecular flexibility index (Phi) is 12.1. The molecular weight excluding hydrogens is 607 g/mol. The van der Waals surface area contributed by atoms with Crippen molar-refractivity contribution >= 4 is 36.9 Å². The first-order chi connectivity index (χ1) is 16.7. The van der Waals surface area contributed by atoms with E-state index in [9.17, 15) is 0 Å². The minimum atomic E-state index is -2.62. The van der Waals surface area contributed by atoms with Crippen molar-refractivity contribution < 1.29 is 57.7 Å². The molecule has 0 saturated carbocycles. The molecule has 0 bridgehead atoms. The van der Waals surface area contributed by atoms with Crippen LogP contribution in [0.15, 0.2) is 87.3 Å². The van der Waals surface area contributed by atoms with Crippen LogP contribution in [0, 0.1) is 20.8 Å². The van der Waals surface area contributed by atoms with E-state index in [-0.39, 0.29) is 42.3 Å². The van der Waals surface area contributed by atoms with Gasteiger partial charge in [-0.05, 0) is 0 Å². The van der Waals surface area contributed by atoms with Crippen molar-refractivity contribution in [2.24, 2.45) is 0 Å². The van der Waals surface area contributed by atoms with E-state index in [1.54, 1.807) is 19.8 Å². The third-order valence-corrected chi connectivity index (χ3v) is 18.2. The summed E-state index contributed by atoms with van der Waals surface area (Å²) in [6, 6.07) is 26.6. The largest absolute Gasteiger partial charge is 1.00 e. The van der Waals surface area contributed by atoms with Gasteiger partial charge in [0.2, 0.25) is 0 Å². The molecule has 39 heavy (non-hydrogen) atoms. The molecule has 0 spiro atoms. The number of benzene rings is 3. The SMILES string of the molecule is CC1=C(C)C(C)([Si](c2cccc(C)c2)(c2cccc(C)c2)c2cc(C)cc([Si](C)(C)C)c2)[C]([Ti+3])=C1C.[Cl-].[Cl-].[Cl-]. The van der Waals surface area contributed by atoms with E-state index in [2.05, 4.69) is 155 Å². The van der Waals surface area contributed by atoms with Gasteiger partial charge in [0.1, 0.15) is 0 Å². The Morgan fingerprint density at radius 3 is 1.38 bits per heavy atom. The molecule has 0 fully saturated rings. The summed E-state index contributed by atoms with van der Waals surface area (Å²) in [4.78, 5) is 0. The summed E-state index contributed by atoms with van der Waals surface area (Å²) in [7, 11) is -4.15. The molecule has 0 N–H and O–H groups in total. The van der Waals surface area contributed by atoms with Gasteiger partial charge in [-0.2, -0.15) is 0 Å². The van der Waals surface area contributed by atoms with Crippen LogP contribution in [-0.2, 0) is 20.4 Å². The molecule has 0 nitrogen and oxygen atoms in total. The van der Waals surface area contributed by atoms with Gasteiger partial charge in [-0.15, -0.1) is 0 Å². The van der Waals surface area contributed by atoms with Gasteiger partial charge in [0.05, 0.1) is 0 Å². The first kappa shape index (κ1) is 36.2. The molecule has 4 rings (SSSR count). The van der Waals surface area contributed by atoms with Gasteiger partial charge in [0, 0.05) is 0 Å². The molecule has 0 heterocycles. The molecule has 0 amide bonds. The summed E-state index contributed by atoms with van der Waals surface area (Å²) < 4.78 is 1.54. The fourth-order valence-electron chi connectivity index (χ4n) is 6.43. The third-order valence-electron chi connectivity index (χ3n) is 8.78. The molecule has 1 unspecified atom stereocenters. The van der Waals surface area contributed by atoms with Crippen LogP contribution in [0.25, 0.3) is 0 Å². The van der Waals surface area contributed by atoms with E-state index in [1.807, 2.05) is 0 Å². The number of hydrogen-bond acceptors (Lipinski definition) is 0. The maximum absolute atomic E-state index is 2.63. The zero-order chi connectivity index (χ0) is 26.6. The Bertz CT molecular complexity index is 1350. The number of halogens is 3. The summed E-state index contributed by atoms with van der Waals surface area (Å²) >= 11 is 2.41. The Balaban J connectivity index is 0.00000253. The summed E-state index contributed by atoms with van der Waals surface area (Å²) in [6.07, 6.45) is 0. The van der Waals surface area contributed by atoms with Crippen LogP contribution in [0.4, 0.5) is 0 Å². The van der Waals surface area contributed by atoms with Crippen molar-refractivity contribution in [1.82, 2.24) is 0 Å². The van der Waals surface area contributed by atoms with Crippen molar-refractivity contribution in [2.45, 2.75) is 73.1 Å².